The molecule has 0 heterocycles. The Labute approximate surface area is 119 Å². The molecule has 2 aromatic rings. The molecule has 0 aliphatic carbocycles. The Bertz CT molecular complexity index is 537. The second-order valence-corrected chi connectivity index (χ2v) is 4.91. The summed E-state index contributed by atoms with van der Waals surface area (Å²) in [6.45, 7) is 3.32. The number of nitrogens with one attached hydrogen (secondary N) is 1. The van der Waals surface area contributed by atoms with E-state index in [-0.39, 0.29) is 5.75 Å². The van der Waals surface area contributed by atoms with Gasteiger partial charge in [0.2, 0.25) is 0 Å². The average molecular weight is 271 g/mol. The van der Waals surface area contributed by atoms with E-state index >= 15 is 0 Å². The topological polar surface area (TPSA) is 52.5 Å². The zero-order valence-electron chi connectivity index (χ0n) is 11.7. The van der Waals surface area contributed by atoms with Gasteiger partial charge in [0.15, 0.2) is 0 Å². The van der Waals surface area contributed by atoms with Crippen LogP contribution in [0.4, 0.5) is 0 Å². The van der Waals surface area contributed by atoms with E-state index in [1.165, 1.54) is 11.1 Å². The number of benzene rings is 2. The molecule has 3 heteroatoms. The molecule has 0 bridgehead atoms. The van der Waals surface area contributed by atoms with Crippen LogP contribution in [-0.4, -0.2) is 16.8 Å². The minimum Gasteiger partial charge on any atom is -0.508 e. The lowest BCUT2D eigenvalue weighted by molar-refractivity contribution is 0.174. The monoisotopic (exact) mass is 271 g/mol. The van der Waals surface area contributed by atoms with E-state index in [0.29, 0.717) is 6.54 Å². The highest BCUT2D eigenvalue weighted by molar-refractivity contribution is 5.28. The van der Waals surface area contributed by atoms with Gasteiger partial charge in [-0.2, -0.15) is 0 Å². The maximum Gasteiger partial charge on any atom is 0.115 e. The van der Waals surface area contributed by atoms with Gasteiger partial charge < -0.3 is 15.5 Å². The number of hydrogen-bond donors (Lipinski definition) is 3. The van der Waals surface area contributed by atoms with E-state index in [1.807, 2.05) is 6.07 Å². The van der Waals surface area contributed by atoms with Gasteiger partial charge in [-0.25, -0.2) is 0 Å². The molecular weight excluding hydrogens is 250 g/mol. The maximum atomic E-state index is 10.0. The van der Waals surface area contributed by atoms with Crippen LogP contribution in [0.15, 0.2) is 48.5 Å². The first-order valence-corrected chi connectivity index (χ1v) is 6.94. The van der Waals surface area contributed by atoms with Gasteiger partial charge in [-0.15, -0.1) is 0 Å². The maximum absolute atomic E-state index is 10.0. The van der Waals surface area contributed by atoms with Gasteiger partial charge in [-0.3, -0.25) is 0 Å². The van der Waals surface area contributed by atoms with Crippen molar-refractivity contribution in [3.05, 3.63) is 65.2 Å². The van der Waals surface area contributed by atoms with E-state index in [0.717, 1.165) is 18.5 Å². The highest BCUT2D eigenvalue weighted by Crippen LogP contribution is 2.17. The van der Waals surface area contributed by atoms with Crippen molar-refractivity contribution in [3.8, 4) is 5.75 Å². The molecule has 2 aromatic carbocycles. The van der Waals surface area contributed by atoms with Crippen LogP contribution in [0, 0.1) is 0 Å². The summed E-state index contributed by atoms with van der Waals surface area (Å²) in [5, 5.41) is 22.6. The first-order chi connectivity index (χ1) is 9.69. The number of aryl methyl sites for hydroxylation is 1. The van der Waals surface area contributed by atoms with Gasteiger partial charge in [-0.1, -0.05) is 43.3 Å². The summed E-state index contributed by atoms with van der Waals surface area (Å²) in [7, 11) is 0. The molecular formula is C17H21NO2. The van der Waals surface area contributed by atoms with Gasteiger partial charge in [0.1, 0.15) is 5.75 Å². The predicted molar refractivity (Wildman–Crippen MR) is 80.6 cm³/mol. The molecule has 0 aromatic heterocycles. The van der Waals surface area contributed by atoms with E-state index in [9.17, 15) is 10.2 Å². The average Bonchev–Trinajstić information content (AvgIpc) is 2.48. The third kappa shape index (κ3) is 4.08. The van der Waals surface area contributed by atoms with Gasteiger partial charge in [-0.05, 0) is 35.2 Å². The molecule has 0 fully saturated rings. The molecule has 0 saturated heterocycles. The highest BCUT2D eigenvalue weighted by atomic mass is 16.3. The summed E-state index contributed by atoms with van der Waals surface area (Å²) in [6.07, 6.45) is 0.432. The van der Waals surface area contributed by atoms with Gasteiger partial charge in [0, 0.05) is 13.1 Å². The van der Waals surface area contributed by atoms with Crippen molar-refractivity contribution >= 4 is 0 Å². The lowest BCUT2D eigenvalue weighted by atomic mass is 10.1. The Kier molecular flexibility index (Phi) is 5.16. The third-order valence-electron chi connectivity index (χ3n) is 3.35. The van der Waals surface area contributed by atoms with Crippen molar-refractivity contribution in [2.75, 3.05) is 6.54 Å². The molecule has 20 heavy (non-hydrogen) atoms. The van der Waals surface area contributed by atoms with Crippen LogP contribution in [0.2, 0.25) is 0 Å². The molecule has 0 spiro atoms. The molecule has 0 saturated carbocycles. The fraction of sp³-hybridized carbons (Fsp3) is 0.294. The largest absolute Gasteiger partial charge is 0.508 e. The van der Waals surface area contributed by atoms with Crippen LogP contribution in [0.5, 0.6) is 5.75 Å². The number of rotatable bonds is 6. The lowest BCUT2D eigenvalue weighted by Gasteiger charge is -2.12. The minimum atomic E-state index is -0.614. The predicted octanol–water partition coefficient (Wildman–Crippen LogP) is 2.78. The fourth-order valence-electron chi connectivity index (χ4n) is 2.10. The number of aliphatic hydroxyl groups is 1. The zero-order valence-corrected chi connectivity index (χ0v) is 11.7. The van der Waals surface area contributed by atoms with E-state index < -0.39 is 6.10 Å². The third-order valence-corrected chi connectivity index (χ3v) is 3.35. The van der Waals surface area contributed by atoms with Crippen molar-refractivity contribution in [1.82, 2.24) is 5.32 Å². The number of hydrogen-bond acceptors (Lipinski definition) is 3. The molecule has 0 aliphatic rings. The van der Waals surface area contributed by atoms with Crippen molar-refractivity contribution < 1.29 is 10.2 Å². The van der Waals surface area contributed by atoms with E-state index in [1.54, 1.807) is 18.2 Å². The summed E-state index contributed by atoms with van der Waals surface area (Å²) in [5.41, 5.74) is 3.25. The zero-order chi connectivity index (χ0) is 14.4. The second-order valence-electron chi connectivity index (χ2n) is 4.91. The van der Waals surface area contributed by atoms with Crippen LogP contribution in [0.3, 0.4) is 0 Å². The fourth-order valence-corrected chi connectivity index (χ4v) is 2.10. The highest BCUT2D eigenvalue weighted by Gasteiger charge is 2.07. The summed E-state index contributed by atoms with van der Waals surface area (Å²) in [5.74, 6) is 0.178. The summed E-state index contributed by atoms with van der Waals surface area (Å²) in [4.78, 5) is 0. The molecule has 2 rings (SSSR count). The van der Waals surface area contributed by atoms with Crippen molar-refractivity contribution in [3.63, 3.8) is 0 Å². The summed E-state index contributed by atoms with van der Waals surface area (Å²) in [6, 6.07) is 15.2. The number of phenols is 1. The summed E-state index contributed by atoms with van der Waals surface area (Å²) >= 11 is 0. The molecule has 1 atom stereocenters. The molecule has 0 unspecified atom stereocenters. The quantitative estimate of drug-likeness (QED) is 0.757. The standard InChI is InChI=1S/C17H21NO2/c1-2-13-6-8-14(9-7-13)11-18-12-17(20)15-4-3-5-16(19)10-15/h3-10,17-20H,2,11-12H2,1H3/t17-/m0/s1. The molecule has 3 nitrogen and oxygen atoms in total. The normalized spacial score (nSPS) is 12.3. The first-order valence-electron chi connectivity index (χ1n) is 6.94. The Morgan fingerprint density at radius 1 is 1.05 bits per heavy atom. The molecule has 0 aliphatic heterocycles. The van der Waals surface area contributed by atoms with Crippen LogP contribution < -0.4 is 5.32 Å². The van der Waals surface area contributed by atoms with Crippen molar-refractivity contribution in [1.29, 1.82) is 0 Å². The smallest absolute Gasteiger partial charge is 0.115 e. The van der Waals surface area contributed by atoms with Crippen LogP contribution in [0.25, 0.3) is 0 Å². The Hall–Kier alpha value is -1.84. The molecule has 0 radical (unpaired) electrons. The number of phenolic OH excluding ortho intramolecular Hbond substituents is 1. The molecule has 3 N–H and O–H groups in total. The Balaban J connectivity index is 1.82. The van der Waals surface area contributed by atoms with E-state index in [4.69, 9.17) is 0 Å². The molecule has 0 amide bonds. The Morgan fingerprint density at radius 3 is 2.40 bits per heavy atom. The summed E-state index contributed by atoms with van der Waals surface area (Å²) < 4.78 is 0. The van der Waals surface area contributed by atoms with E-state index in [2.05, 4.69) is 36.5 Å². The van der Waals surface area contributed by atoms with Gasteiger partial charge in [0.05, 0.1) is 6.10 Å². The Morgan fingerprint density at radius 2 is 1.75 bits per heavy atom. The number of aromatic hydroxyl groups is 1. The number of aliphatic hydroxyl groups excluding tert-OH is 1. The van der Waals surface area contributed by atoms with Crippen LogP contribution in [-0.2, 0) is 13.0 Å². The van der Waals surface area contributed by atoms with Crippen LogP contribution >= 0.6 is 0 Å². The van der Waals surface area contributed by atoms with Crippen molar-refractivity contribution in [2.45, 2.75) is 26.0 Å². The van der Waals surface area contributed by atoms with Gasteiger partial charge >= 0.3 is 0 Å². The van der Waals surface area contributed by atoms with Gasteiger partial charge in [0.25, 0.3) is 0 Å². The SMILES string of the molecule is CCc1ccc(CNC[C@H](O)c2cccc(O)c2)cc1. The molecule has 106 valence electrons. The first kappa shape index (κ1) is 14.6. The minimum absolute atomic E-state index is 0.178. The lowest BCUT2D eigenvalue weighted by Crippen LogP contribution is -2.21. The van der Waals surface area contributed by atoms with Crippen molar-refractivity contribution in [2.24, 2.45) is 0 Å². The second kappa shape index (κ2) is 7.08. The van der Waals surface area contributed by atoms with Crippen LogP contribution in [0.1, 0.15) is 29.7 Å².